The topological polar surface area (TPSA) is 83.1 Å². The van der Waals surface area contributed by atoms with Gasteiger partial charge in [0.05, 0.1) is 21.2 Å². The molecule has 3 aromatic rings. The summed E-state index contributed by atoms with van der Waals surface area (Å²) in [5.74, 6) is -0.644. The van der Waals surface area contributed by atoms with E-state index >= 15 is 0 Å². The van der Waals surface area contributed by atoms with Gasteiger partial charge in [0.25, 0.3) is 5.91 Å². The van der Waals surface area contributed by atoms with Gasteiger partial charge in [-0.1, -0.05) is 11.3 Å². The van der Waals surface area contributed by atoms with Gasteiger partial charge < -0.3 is 9.64 Å². The van der Waals surface area contributed by atoms with Crippen LogP contribution in [0.1, 0.15) is 29.6 Å². The Kier molecular flexibility index (Phi) is 8.36. The lowest BCUT2D eigenvalue weighted by Crippen LogP contribution is -2.34. The molecule has 1 fully saturated rings. The molecular formula is C25H31FN4O4S2. The first kappa shape index (κ1) is 26.6. The number of hydrogen-bond donors (Lipinski definition) is 0. The quantitative estimate of drug-likeness (QED) is 0.393. The highest BCUT2D eigenvalue weighted by Gasteiger charge is 2.27. The number of halogens is 1. The second kappa shape index (κ2) is 11.3. The van der Waals surface area contributed by atoms with E-state index in [-0.39, 0.29) is 22.7 Å². The van der Waals surface area contributed by atoms with Crippen molar-refractivity contribution < 1.29 is 22.3 Å². The van der Waals surface area contributed by atoms with Crippen molar-refractivity contribution in [3.63, 3.8) is 0 Å². The molecule has 36 heavy (non-hydrogen) atoms. The van der Waals surface area contributed by atoms with Gasteiger partial charge in [0.2, 0.25) is 10.0 Å². The predicted octanol–water partition coefficient (Wildman–Crippen LogP) is 3.83. The molecule has 1 aromatic heterocycles. The Morgan fingerprint density at radius 1 is 1.14 bits per heavy atom. The third-order valence-corrected chi connectivity index (χ3v) is 8.98. The molecule has 0 spiro atoms. The van der Waals surface area contributed by atoms with Crippen LogP contribution in [0.15, 0.2) is 47.4 Å². The zero-order valence-electron chi connectivity index (χ0n) is 20.7. The monoisotopic (exact) mass is 534 g/mol. The first-order valence-electron chi connectivity index (χ1n) is 11.9. The lowest BCUT2D eigenvalue weighted by atomic mass is 10.2. The van der Waals surface area contributed by atoms with Crippen molar-refractivity contribution in [2.24, 2.45) is 0 Å². The van der Waals surface area contributed by atoms with E-state index in [1.165, 1.54) is 52.0 Å². The second-order valence-corrected chi connectivity index (χ2v) is 12.2. The van der Waals surface area contributed by atoms with E-state index in [0.29, 0.717) is 47.0 Å². The number of benzene rings is 2. The summed E-state index contributed by atoms with van der Waals surface area (Å²) in [7, 11) is 1.75. The number of amides is 1. The van der Waals surface area contributed by atoms with E-state index in [1.807, 2.05) is 19.0 Å². The van der Waals surface area contributed by atoms with E-state index in [2.05, 4.69) is 4.98 Å². The number of carbonyl (C=O) groups excluding carboxylic acids is 1. The number of thiazole rings is 1. The van der Waals surface area contributed by atoms with Crippen LogP contribution in [0.4, 0.5) is 9.52 Å². The molecule has 2 heterocycles. The van der Waals surface area contributed by atoms with Crippen LogP contribution < -0.4 is 4.90 Å². The van der Waals surface area contributed by atoms with E-state index in [0.717, 1.165) is 19.4 Å². The minimum Gasteiger partial charge on any atom is -0.377 e. The van der Waals surface area contributed by atoms with Crippen LogP contribution in [-0.4, -0.2) is 82.0 Å². The molecule has 11 heteroatoms. The van der Waals surface area contributed by atoms with Crippen LogP contribution in [0, 0.1) is 5.82 Å². The summed E-state index contributed by atoms with van der Waals surface area (Å²) in [6.45, 7) is 2.14. The van der Waals surface area contributed by atoms with Gasteiger partial charge in [-0.2, -0.15) is 4.31 Å². The molecule has 0 radical (unpaired) electrons. The number of fused-ring (bicyclic) bond motifs is 1. The van der Waals surface area contributed by atoms with Crippen LogP contribution in [0.2, 0.25) is 0 Å². The van der Waals surface area contributed by atoms with Crippen molar-refractivity contribution in [2.45, 2.75) is 30.3 Å². The van der Waals surface area contributed by atoms with Gasteiger partial charge >= 0.3 is 0 Å². The number of likely N-dealkylation sites (N-methyl/N-ethyl adjacent to an activating group) is 1. The fourth-order valence-electron chi connectivity index (χ4n) is 4.11. The number of anilines is 1. The highest BCUT2D eigenvalue weighted by molar-refractivity contribution is 7.89. The fraction of sp³-hybridized carbons (Fsp3) is 0.440. The van der Waals surface area contributed by atoms with E-state index in [4.69, 9.17) is 4.74 Å². The van der Waals surface area contributed by atoms with Crippen LogP contribution in [0.3, 0.4) is 0 Å². The number of hydrogen-bond acceptors (Lipinski definition) is 7. The van der Waals surface area contributed by atoms with E-state index in [9.17, 15) is 17.6 Å². The van der Waals surface area contributed by atoms with Crippen LogP contribution in [0.5, 0.6) is 0 Å². The van der Waals surface area contributed by atoms with Gasteiger partial charge in [-0.05, 0) is 82.4 Å². The van der Waals surface area contributed by atoms with E-state index < -0.39 is 10.0 Å². The maximum absolute atomic E-state index is 13.7. The van der Waals surface area contributed by atoms with E-state index in [1.54, 1.807) is 18.0 Å². The van der Waals surface area contributed by atoms with Crippen molar-refractivity contribution in [3.05, 3.63) is 53.8 Å². The number of aromatic nitrogens is 1. The van der Waals surface area contributed by atoms with Gasteiger partial charge in [0, 0.05) is 32.3 Å². The third-order valence-electron chi connectivity index (χ3n) is 6.10. The van der Waals surface area contributed by atoms with Crippen molar-refractivity contribution in [1.29, 1.82) is 0 Å². The average Bonchev–Trinajstić information content (AvgIpc) is 3.50. The molecule has 2 aromatic carbocycles. The van der Waals surface area contributed by atoms with Crippen molar-refractivity contribution >= 4 is 42.6 Å². The zero-order chi connectivity index (χ0) is 25.9. The van der Waals surface area contributed by atoms with Crippen LogP contribution in [-0.2, 0) is 14.8 Å². The molecule has 194 valence electrons. The molecule has 1 atom stereocenters. The molecule has 0 saturated carbocycles. The highest BCUT2D eigenvalue weighted by atomic mass is 32.2. The first-order valence-corrected chi connectivity index (χ1v) is 14.1. The molecule has 1 aliphatic heterocycles. The number of sulfonamides is 1. The van der Waals surface area contributed by atoms with Gasteiger partial charge in [0.1, 0.15) is 5.82 Å². The standard InChI is InChI=1S/C25H31FN4O4S2/c1-28(2)13-5-14-30(25-27-22-12-9-19(26)16-23(22)35-25)24(31)18-7-10-21(11-8-18)36(32,33)29(3)17-20-6-4-15-34-20/h7-12,16,20H,4-6,13-15,17H2,1-3H3. The average molecular weight is 535 g/mol. The molecule has 1 aliphatic rings. The lowest BCUT2D eigenvalue weighted by molar-refractivity contribution is 0.0978. The maximum Gasteiger partial charge on any atom is 0.260 e. The van der Waals surface area contributed by atoms with Crippen LogP contribution in [0.25, 0.3) is 10.2 Å². The molecule has 0 aliphatic carbocycles. The summed E-state index contributed by atoms with van der Waals surface area (Å²) in [5, 5.41) is 0.479. The minimum atomic E-state index is -3.71. The summed E-state index contributed by atoms with van der Waals surface area (Å²) in [4.78, 5) is 21.8. The maximum atomic E-state index is 13.7. The first-order chi connectivity index (χ1) is 17.1. The summed E-state index contributed by atoms with van der Waals surface area (Å²) in [6.07, 6.45) is 2.40. The largest absolute Gasteiger partial charge is 0.377 e. The second-order valence-electron chi connectivity index (χ2n) is 9.17. The fourth-order valence-corrected chi connectivity index (χ4v) is 6.33. The lowest BCUT2D eigenvalue weighted by Gasteiger charge is -2.22. The molecule has 1 saturated heterocycles. The van der Waals surface area contributed by atoms with Gasteiger partial charge in [-0.15, -0.1) is 0 Å². The van der Waals surface area contributed by atoms with Gasteiger partial charge in [-0.3, -0.25) is 9.69 Å². The third kappa shape index (κ3) is 6.09. The minimum absolute atomic E-state index is 0.0939. The number of rotatable bonds is 10. The van der Waals surface area contributed by atoms with Gasteiger partial charge in [0.15, 0.2) is 5.13 Å². The Morgan fingerprint density at radius 2 is 1.89 bits per heavy atom. The Bertz CT molecular complexity index is 1310. The van der Waals surface area contributed by atoms with Gasteiger partial charge in [-0.25, -0.2) is 17.8 Å². The predicted molar refractivity (Wildman–Crippen MR) is 140 cm³/mol. The highest BCUT2D eigenvalue weighted by Crippen LogP contribution is 2.31. The van der Waals surface area contributed by atoms with Crippen molar-refractivity contribution in [3.8, 4) is 0 Å². The molecular weight excluding hydrogens is 503 g/mol. The molecule has 8 nitrogen and oxygen atoms in total. The summed E-state index contributed by atoms with van der Waals surface area (Å²) >= 11 is 1.25. The van der Waals surface area contributed by atoms with Crippen LogP contribution >= 0.6 is 11.3 Å². The van der Waals surface area contributed by atoms with Crippen molar-refractivity contribution in [1.82, 2.24) is 14.2 Å². The Labute approximate surface area is 215 Å². The molecule has 4 rings (SSSR count). The molecule has 0 N–H and O–H groups in total. The number of carbonyl (C=O) groups is 1. The Hall–Kier alpha value is -2.44. The summed E-state index contributed by atoms with van der Waals surface area (Å²) in [5.41, 5.74) is 0.976. The molecule has 0 bridgehead atoms. The normalized spacial score (nSPS) is 16.3. The summed E-state index contributed by atoms with van der Waals surface area (Å²) < 4.78 is 47.3. The number of nitrogens with zero attached hydrogens (tertiary/aromatic N) is 4. The number of ether oxygens (including phenoxy) is 1. The smallest absolute Gasteiger partial charge is 0.260 e. The Morgan fingerprint density at radius 3 is 2.56 bits per heavy atom. The van der Waals surface area contributed by atoms with Crippen molar-refractivity contribution in [2.75, 3.05) is 52.3 Å². The molecule has 1 unspecified atom stereocenters. The SMILES string of the molecule is CN(C)CCCN(C(=O)c1ccc(S(=O)(=O)N(C)CC2CCCO2)cc1)c1nc2ccc(F)cc2s1. The molecule has 1 amide bonds. The summed E-state index contributed by atoms with van der Waals surface area (Å²) in [6, 6.07) is 10.3. The Balaban J connectivity index is 1.55. The zero-order valence-corrected chi connectivity index (χ0v) is 22.3.